The highest BCUT2D eigenvalue weighted by molar-refractivity contribution is 5.34. The van der Waals surface area contributed by atoms with E-state index in [4.69, 9.17) is 10.5 Å². The van der Waals surface area contributed by atoms with Gasteiger partial charge in [0.25, 0.3) is 0 Å². The van der Waals surface area contributed by atoms with Crippen LogP contribution in [0.3, 0.4) is 0 Å². The number of aliphatic hydroxyl groups excluding tert-OH is 1. The monoisotopic (exact) mass is 430 g/mol. The largest absolute Gasteiger partial charge is 0.491 e. The number of ether oxygens (including phenoxy) is 1. The predicted molar refractivity (Wildman–Crippen MR) is 130 cm³/mol. The van der Waals surface area contributed by atoms with Crippen molar-refractivity contribution >= 4 is 0 Å². The average Bonchev–Trinajstić information content (AvgIpc) is 3.05. The fourth-order valence-electron chi connectivity index (χ4n) is 4.63. The van der Waals surface area contributed by atoms with Crippen molar-refractivity contribution in [2.75, 3.05) is 13.2 Å². The Bertz CT molecular complexity index is 962. The summed E-state index contributed by atoms with van der Waals surface area (Å²) in [6.45, 7) is 2.26. The number of nitrogens with two attached hydrogens (primary N) is 1. The number of rotatable bonds is 9. The number of aryl methyl sites for hydroxylation is 1. The maximum Gasteiger partial charge on any atom is 0.119 e. The third-order valence-corrected chi connectivity index (χ3v) is 6.32. The molecule has 0 saturated heterocycles. The van der Waals surface area contributed by atoms with E-state index in [0.717, 1.165) is 38.0 Å². The molecule has 0 fully saturated rings. The number of hydrogen-bond donors (Lipinski definition) is 2. The molecule has 2 atom stereocenters. The molecule has 4 rings (SSSR count). The second-order valence-electron chi connectivity index (χ2n) is 8.75. The van der Waals surface area contributed by atoms with E-state index in [1.807, 2.05) is 36.4 Å². The Hall–Kier alpha value is -2.66. The van der Waals surface area contributed by atoms with E-state index in [2.05, 4.69) is 47.4 Å². The van der Waals surface area contributed by atoms with Crippen LogP contribution in [0, 0.1) is 0 Å². The summed E-state index contributed by atoms with van der Waals surface area (Å²) in [4.78, 5) is 2.44. The fourth-order valence-corrected chi connectivity index (χ4v) is 4.63. The zero-order chi connectivity index (χ0) is 22.2. The summed E-state index contributed by atoms with van der Waals surface area (Å²) in [7, 11) is 0. The molecule has 0 bridgehead atoms. The van der Waals surface area contributed by atoms with Crippen molar-refractivity contribution < 1.29 is 9.84 Å². The quantitative estimate of drug-likeness (QED) is 0.496. The number of benzene rings is 3. The van der Waals surface area contributed by atoms with E-state index in [9.17, 15) is 5.11 Å². The number of nitrogens with zero attached hydrogens (tertiary/aromatic N) is 1. The molecule has 1 unspecified atom stereocenters. The van der Waals surface area contributed by atoms with Gasteiger partial charge in [0.05, 0.1) is 0 Å². The highest BCUT2D eigenvalue weighted by Gasteiger charge is 2.25. The molecule has 0 spiro atoms. The van der Waals surface area contributed by atoms with Gasteiger partial charge in [-0.05, 0) is 60.1 Å². The number of aliphatic hydroxyl groups is 1. The molecule has 0 amide bonds. The van der Waals surface area contributed by atoms with Crippen LogP contribution in [0.25, 0.3) is 0 Å². The van der Waals surface area contributed by atoms with Gasteiger partial charge in [-0.25, -0.2) is 0 Å². The van der Waals surface area contributed by atoms with Gasteiger partial charge < -0.3 is 15.6 Å². The van der Waals surface area contributed by atoms with Crippen LogP contribution in [0.4, 0.5) is 0 Å². The third-order valence-electron chi connectivity index (χ3n) is 6.32. The van der Waals surface area contributed by atoms with Crippen molar-refractivity contribution in [2.24, 2.45) is 5.73 Å². The van der Waals surface area contributed by atoms with Crippen LogP contribution in [0.1, 0.15) is 35.1 Å². The molecule has 4 heteroatoms. The standard InChI is InChI=1S/C28H34N2O2/c29-18-23-14-15-24-10-7-11-26(17-25(24)16-23)30(19-22-8-3-1-4-9-22)20-27(31)21-32-28-12-5-2-6-13-28/h1-6,8-9,12-16,26-27,31H,7,10-11,17-21,29H2/t26?,27-/m0/s1. The second-order valence-corrected chi connectivity index (χ2v) is 8.75. The van der Waals surface area contributed by atoms with Crippen LogP contribution in [-0.4, -0.2) is 35.3 Å². The van der Waals surface area contributed by atoms with Crippen molar-refractivity contribution in [3.05, 3.63) is 101 Å². The number of hydrogen-bond acceptors (Lipinski definition) is 4. The van der Waals surface area contributed by atoms with Crippen molar-refractivity contribution in [2.45, 2.75) is 50.9 Å². The van der Waals surface area contributed by atoms with Crippen LogP contribution in [0.5, 0.6) is 5.75 Å². The SMILES string of the molecule is NCc1ccc2c(c1)CC(N(Cc1ccccc1)C[C@H](O)COc1ccccc1)CCC2. The number of para-hydroxylation sites is 1. The van der Waals surface area contributed by atoms with Gasteiger partial charge in [0.2, 0.25) is 0 Å². The van der Waals surface area contributed by atoms with E-state index in [-0.39, 0.29) is 6.61 Å². The van der Waals surface area contributed by atoms with Crippen LogP contribution in [-0.2, 0) is 25.9 Å². The maximum absolute atomic E-state index is 10.9. The minimum absolute atomic E-state index is 0.288. The first-order valence-corrected chi connectivity index (χ1v) is 11.7. The minimum atomic E-state index is -0.558. The van der Waals surface area contributed by atoms with E-state index in [1.165, 1.54) is 22.3 Å². The Balaban J connectivity index is 1.49. The molecule has 3 aromatic carbocycles. The van der Waals surface area contributed by atoms with Gasteiger partial charge in [-0.15, -0.1) is 0 Å². The molecule has 0 aromatic heterocycles. The maximum atomic E-state index is 10.9. The van der Waals surface area contributed by atoms with E-state index in [1.54, 1.807) is 0 Å². The normalized spacial score (nSPS) is 16.9. The van der Waals surface area contributed by atoms with Gasteiger partial charge in [-0.2, -0.15) is 0 Å². The van der Waals surface area contributed by atoms with E-state index < -0.39 is 6.10 Å². The zero-order valence-electron chi connectivity index (χ0n) is 18.7. The predicted octanol–water partition coefficient (Wildman–Crippen LogP) is 4.33. The summed E-state index contributed by atoms with van der Waals surface area (Å²) in [5.74, 6) is 0.791. The van der Waals surface area contributed by atoms with Crippen molar-refractivity contribution in [3.63, 3.8) is 0 Å². The minimum Gasteiger partial charge on any atom is -0.491 e. The van der Waals surface area contributed by atoms with Crippen molar-refractivity contribution in [1.82, 2.24) is 4.90 Å². The lowest BCUT2D eigenvalue weighted by Gasteiger charge is -2.33. The molecule has 3 aromatic rings. The molecule has 0 aliphatic heterocycles. The first kappa shape index (κ1) is 22.5. The summed E-state index contributed by atoms with van der Waals surface area (Å²) in [5, 5.41) is 10.9. The number of fused-ring (bicyclic) bond motifs is 1. The van der Waals surface area contributed by atoms with Gasteiger partial charge >= 0.3 is 0 Å². The lowest BCUT2D eigenvalue weighted by molar-refractivity contribution is 0.0463. The summed E-state index contributed by atoms with van der Waals surface area (Å²) in [6.07, 6.45) is 3.81. The molecule has 1 aliphatic rings. The first-order chi connectivity index (χ1) is 15.7. The van der Waals surface area contributed by atoms with Gasteiger partial charge in [-0.3, -0.25) is 4.90 Å². The smallest absolute Gasteiger partial charge is 0.119 e. The Morgan fingerprint density at radius 2 is 1.69 bits per heavy atom. The Morgan fingerprint density at radius 3 is 2.44 bits per heavy atom. The fraction of sp³-hybridized carbons (Fsp3) is 0.357. The summed E-state index contributed by atoms with van der Waals surface area (Å²) in [5.41, 5.74) is 11.2. The molecular weight excluding hydrogens is 396 g/mol. The van der Waals surface area contributed by atoms with Crippen LogP contribution in [0.15, 0.2) is 78.9 Å². The lowest BCUT2D eigenvalue weighted by atomic mass is 9.98. The summed E-state index contributed by atoms with van der Waals surface area (Å²) in [6, 6.07) is 27.3. The van der Waals surface area contributed by atoms with Gasteiger partial charge in [0, 0.05) is 25.7 Å². The molecule has 1 aliphatic carbocycles. The van der Waals surface area contributed by atoms with Crippen LogP contribution in [0.2, 0.25) is 0 Å². The van der Waals surface area contributed by atoms with Gasteiger partial charge in [-0.1, -0.05) is 66.7 Å². The highest BCUT2D eigenvalue weighted by Crippen LogP contribution is 2.26. The average molecular weight is 431 g/mol. The van der Waals surface area contributed by atoms with Crippen molar-refractivity contribution in [1.29, 1.82) is 0 Å². The molecule has 168 valence electrons. The topological polar surface area (TPSA) is 58.7 Å². The lowest BCUT2D eigenvalue weighted by Crippen LogP contribution is -2.42. The van der Waals surface area contributed by atoms with Crippen molar-refractivity contribution in [3.8, 4) is 5.75 Å². The van der Waals surface area contributed by atoms with Gasteiger partial charge in [0.15, 0.2) is 0 Å². The molecule has 4 nitrogen and oxygen atoms in total. The molecule has 0 heterocycles. The third kappa shape index (κ3) is 6.19. The highest BCUT2D eigenvalue weighted by atomic mass is 16.5. The summed E-state index contributed by atoms with van der Waals surface area (Å²) >= 11 is 0. The second kappa shape index (κ2) is 11.3. The first-order valence-electron chi connectivity index (χ1n) is 11.7. The van der Waals surface area contributed by atoms with Crippen LogP contribution >= 0.6 is 0 Å². The molecule has 0 saturated carbocycles. The zero-order valence-corrected chi connectivity index (χ0v) is 18.7. The molecule has 3 N–H and O–H groups in total. The van der Waals surface area contributed by atoms with Gasteiger partial charge in [0.1, 0.15) is 18.5 Å². The Morgan fingerprint density at radius 1 is 0.938 bits per heavy atom. The molecule has 0 radical (unpaired) electrons. The summed E-state index contributed by atoms with van der Waals surface area (Å²) < 4.78 is 5.83. The van der Waals surface area contributed by atoms with E-state index in [0.29, 0.717) is 19.1 Å². The van der Waals surface area contributed by atoms with E-state index >= 15 is 0 Å². The Labute approximate surface area is 191 Å². The molecule has 32 heavy (non-hydrogen) atoms. The molecular formula is C28H34N2O2. The Kier molecular flexibility index (Phi) is 7.94. The van der Waals surface area contributed by atoms with Crippen LogP contribution < -0.4 is 10.5 Å².